The highest BCUT2D eigenvalue weighted by atomic mass is 79.9. The molecule has 1 aromatic heterocycles. The van der Waals surface area contributed by atoms with Gasteiger partial charge in [0.1, 0.15) is 5.82 Å². The number of halogens is 2. The van der Waals surface area contributed by atoms with E-state index in [1.807, 2.05) is 0 Å². The van der Waals surface area contributed by atoms with E-state index in [9.17, 15) is 14.0 Å². The highest BCUT2D eigenvalue weighted by Gasteiger charge is 2.41. The van der Waals surface area contributed by atoms with Crippen LogP contribution in [0.4, 0.5) is 4.39 Å². The first-order chi connectivity index (χ1) is 11.4. The Labute approximate surface area is 145 Å². The van der Waals surface area contributed by atoms with Gasteiger partial charge in [-0.3, -0.25) is 9.59 Å². The first-order valence-corrected chi connectivity index (χ1v) is 8.23. The average molecular weight is 396 g/mol. The molecule has 0 unspecified atom stereocenters. The lowest BCUT2D eigenvalue weighted by Gasteiger charge is -2.41. The van der Waals surface area contributed by atoms with E-state index in [4.69, 9.17) is 5.11 Å². The molecule has 3 rings (SSSR count). The van der Waals surface area contributed by atoms with Crippen molar-refractivity contribution in [1.82, 2.24) is 15.1 Å². The van der Waals surface area contributed by atoms with Crippen LogP contribution >= 0.6 is 15.9 Å². The van der Waals surface area contributed by atoms with E-state index in [1.54, 1.807) is 18.3 Å². The third-order valence-electron chi connectivity index (χ3n) is 4.15. The summed E-state index contributed by atoms with van der Waals surface area (Å²) in [6.45, 7) is 0. The van der Waals surface area contributed by atoms with E-state index in [0.29, 0.717) is 23.0 Å². The van der Waals surface area contributed by atoms with E-state index in [-0.39, 0.29) is 17.9 Å². The van der Waals surface area contributed by atoms with Crippen LogP contribution in [-0.2, 0) is 4.79 Å². The lowest BCUT2D eigenvalue weighted by molar-refractivity contribution is -0.139. The highest BCUT2D eigenvalue weighted by Crippen LogP contribution is 2.35. The summed E-state index contributed by atoms with van der Waals surface area (Å²) in [5, 5.41) is 16.0. The minimum Gasteiger partial charge on any atom is -0.481 e. The standard InChI is InChI=1S/C16H15BrFN3O3/c17-12-9-21(11-4-2-10(18)3-5-11)20-14(12)15(24)19-16(6-1-7-16)8-13(22)23/h2-5,9H,1,6-8H2,(H,19,24)(H,22,23). The number of nitrogens with zero attached hydrogens (tertiary/aromatic N) is 2. The van der Waals surface area contributed by atoms with Gasteiger partial charge in [0.15, 0.2) is 5.69 Å². The van der Waals surface area contributed by atoms with E-state index >= 15 is 0 Å². The molecule has 1 saturated carbocycles. The van der Waals surface area contributed by atoms with Gasteiger partial charge in [0.2, 0.25) is 0 Å². The van der Waals surface area contributed by atoms with Crippen molar-refractivity contribution in [3.8, 4) is 5.69 Å². The molecule has 1 amide bonds. The molecular formula is C16H15BrFN3O3. The number of carboxylic acid groups (broad SMARTS) is 1. The van der Waals surface area contributed by atoms with Gasteiger partial charge in [0.25, 0.3) is 5.91 Å². The summed E-state index contributed by atoms with van der Waals surface area (Å²) in [7, 11) is 0. The predicted molar refractivity (Wildman–Crippen MR) is 87.5 cm³/mol. The van der Waals surface area contributed by atoms with Gasteiger partial charge in [-0.2, -0.15) is 5.10 Å². The molecule has 0 saturated heterocycles. The SMILES string of the molecule is O=C(O)CC1(NC(=O)c2nn(-c3ccc(F)cc3)cc2Br)CCC1. The molecule has 24 heavy (non-hydrogen) atoms. The Morgan fingerprint density at radius 1 is 1.33 bits per heavy atom. The van der Waals surface area contributed by atoms with Gasteiger partial charge in [0, 0.05) is 6.20 Å². The number of aromatic nitrogens is 2. The number of carboxylic acids is 1. The zero-order chi connectivity index (χ0) is 17.3. The van der Waals surface area contributed by atoms with E-state index in [2.05, 4.69) is 26.3 Å². The Morgan fingerprint density at radius 3 is 2.54 bits per heavy atom. The van der Waals surface area contributed by atoms with Gasteiger partial charge in [-0.25, -0.2) is 9.07 Å². The van der Waals surface area contributed by atoms with Crippen LogP contribution in [0.15, 0.2) is 34.9 Å². The molecule has 1 aliphatic rings. The predicted octanol–water partition coefficient (Wildman–Crippen LogP) is 2.90. The quantitative estimate of drug-likeness (QED) is 0.814. The second-order valence-electron chi connectivity index (χ2n) is 5.91. The Balaban J connectivity index is 1.80. The van der Waals surface area contributed by atoms with Crippen molar-refractivity contribution in [2.75, 3.05) is 0 Å². The van der Waals surface area contributed by atoms with Crippen LogP contribution in [-0.4, -0.2) is 32.3 Å². The lowest BCUT2D eigenvalue weighted by atomic mass is 9.74. The van der Waals surface area contributed by atoms with Gasteiger partial charge in [-0.15, -0.1) is 0 Å². The normalized spacial score (nSPS) is 15.6. The molecule has 1 fully saturated rings. The summed E-state index contributed by atoms with van der Waals surface area (Å²) in [4.78, 5) is 23.5. The van der Waals surface area contributed by atoms with E-state index < -0.39 is 17.4 Å². The van der Waals surface area contributed by atoms with E-state index in [1.165, 1.54) is 16.8 Å². The molecule has 0 bridgehead atoms. The summed E-state index contributed by atoms with van der Waals surface area (Å²) >= 11 is 3.29. The second-order valence-corrected chi connectivity index (χ2v) is 6.76. The molecule has 1 aromatic carbocycles. The Morgan fingerprint density at radius 2 is 2.00 bits per heavy atom. The van der Waals surface area contributed by atoms with E-state index in [0.717, 1.165) is 6.42 Å². The monoisotopic (exact) mass is 395 g/mol. The van der Waals surface area contributed by atoms with Crippen LogP contribution in [0.1, 0.15) is 36.2 Å². The fraction of sp³-hybridized carbons (Fsp3) is 0.312. The number of rotatable bonds is 5. The van der Waals surface area contributed by atoms with Crippen LogP contribution in [0.25, 0.3) is 5.69 Å². The maximum absolute atomic E-state index is 13.0. The summed E-state index contributed by atoms with van der Waals surface area (Å²) < 4.78 is 14.9. The third-order valence-corrected chi connectivity index (χ3v) is 4.74. The molecule has 6 nitrogen and oxygen atoms in total. The molecule has 126 valence electrons. The third kappa shape index (κ3) is 3.33. The van der Waals surface area contributed by atoms with Gasteiger partial charge in [0.05, 0.1) is 22.1 Å². The smallest absolute Gasteiger partial charge is 0.305 e. The largest absolute Gasteiger partial charge is 0.481 e. The number of amides is 1. The minimum absolute atomic E-state index is 0.102. The topological polar surface area (TPSA) is 84.2 Å². The molecule has 2 aromatic rings. The van der Waals surface area contributed by atoms with Gasteiger partial charge < -0.3 is 10.4 Å². The fourth-order valence-electron chi connectivity index (χ4n) is 2.77. The number of hydrogen-bond acceptors (Lipinski definition) is 3. The maximum atomic E-state index is 13.0. The first kappa shape index (κ1) is 16.6. The second kappa shape index (κ2) is 6.35. The molecule has 0 aliphatic heterocycles. The maximum Gasteiger partial charge on any atom is 0.305 e. The van der Waals surface area contributed by atoms with Crippen LogP contribution in [0.2, 0.25) is 0 Å². The van der Waals surface area contributed by atoms with Crippen molar-refractivity contribution >= 4 is 27.8 Å². The molecule has 1 heterocycles. The Hall–Kier alpha value is -2.22. The van der Waals surface area contributed by atoms with Crippen LogP contribution in [0, 0.1) is 5.82 Å². The molecule has 0 spiro atoms. The molecule has 2 N–H and O–H groups in total. The minimum atomic E-state index is -0.939. The number of aliphatic carboxylic acids is 1. The number of carbonyl (C=O) groups excluding carboxylic acids is 1. The zero-order valence-corrected chi connectivity index (χ0v) is 14.2. The first-order valence-electron chi connectivity index (χ1n) is 7.44. The Kier molecular flexibility index (Phi) is 4.40. The van der Waals surface area contributed by atoms with Crippen molar-refractivity contribution < 1.29 is 19.1 Å². The molecular weight excluding hydrogens is 381 g/mol. The average Bonchev–Trinajstić information content (AvgIpc) is 2.87. The van der Waals surface area contributed by atoms with Crippen LogP contribution < -0.4 is 5.32 Å². The van der Waals surface area contributed by atoms with Gasteiger partial charge in [-0.1, -0.05) is 0 Å². The number of benzene rings is 1. The van der Waals surface area contributed by atoms with Crippen molar-refractivity contribution in [2.24, 2.45) is 0 Å². The van der Waals surface area contributed by atoms with Gasteiger partial charge in [-0.05, 0) is 59.5 Å². The van der Waals surface area contributed by atoms with Crippen molar-refractivity contribution in [1.29, 1.82) is 0 Å². The summed E-state index contributed by atoms with van der Waals surface area (Å²) in [5.74, 6) is -1.72. The highest BCUT2D eigenvalue weighted by molar-refractivity contribution is 9.10. The summed E-state index contributed by atoms with van der Waals surface area (Å²) in [6.07, 6.45) is 3.67. The summed E-state index contributed by atoms with van der Waals surface area (Å²) in [5.41, 5.74) is 0.0817. The van der Waals surface area contributed by atoms with Crippen LogP contribution in [0.3, 0.4) is 0 Å². The van der Waals surface area contributed by atoms with Gasteiger partial charge >= 0.3 is 5.97 Å². The van der Waals surface area contributed by atoms with Crippen LogP contribution in [0.5, 0.6) is 0 Å². The van der Waals surface area contributed by atoms with Crippen molar-refractivity contribution in [3.63, 3.8) is 0 Å². The fourth-order valence-corrected chi connectivity index (χ4v) is 3.23. The number of carbonyl (C=O) groups is 2. The van der Waals surface area contributed by atoms with Crippen molar-refractivity contribution in [2.45, 2.75) is 31.2 Å². The number of nitrogens with one attached hydrogen (secondary N) is 1. The lowest BCUT2D eigenvalue weighted by Crippen LogP contribution is -2.54. The number of hydrogen-bond donors (Lipinski definition) is 2. The summed E-state index contributed by atoms with van der Waals surface area (Å²) in [6, 6.07) is 5.71. The molecule has 0 atom stereocenters. The Bertz CT molecular complexity index is 784. The molecule has 0 radical (unpaired) electrons. The molecule has 8 heteroatoms. The zero-order valence-electron chi connectivity index (χ0n) is 12.6. The molecule has 1 aliphatic carbocycles. The van der Waals surface area contributed by atoms with Crippen molar-refractivity contribution in [3.05, 3.63) is 46.4 Å².